The summed E-state index contributed by atoms with van der Waals surface area (Å²) in [6.07, 6.45) is 0.408. The maximum absolute atomic E-state index is 12.4. The number of benzene rings is 1. The Labute approximate surface area is 160 Å². The van der Waals surface area contributed by atoms with Crippen LogP contribution in [-0.4, -0.2) is 42.4 Å². The SMILES string of the molecule is COc1ccc(C(=O)[C@@H](C)OC(=O)Cc2csc(N3CCCC3=O)n2)cc1. The van der Waals surface area contributed by atoms with Crippen molar-refractivity contribution in [1.29, 1.82) is 0 Å². The number of thiazole rings is 1. The molecule has 1 aliphatic heterocycles. The highest BCUT2D eigenvalue weighted by molar-refractivity contribution is 7.14. The van der Waals surface area contributed by atoms with Crippen LogP contribution in [0.2, 0.25) is 0 Å². The van der Waals surface area contributed by atoms with Gasteiger partial charge in [-0.15, -0.1) is 11.3 Å². The summed E-state index contributed by atoms with van der Waals surface area (Å²) in [6, 6.07) is 6.62. The Bertz CT molecular complexity index is 846. The highest BCUT2D eigenvalue weighted by Gasteiger charge is 2.25. The molecule has 0 saturated carbocycles. The number of hydrogen-bond donors (Lipinski definition) is 0. The van der Waals surface area contributed by atoms with Gasteiger partial charge in [0, 0.05) is 23.9 Å². The molecule has 1 atom stereocenters. The van der Waals surface area contributed by atoms with Gasteiger partial charge in [0.25, 0.3) is 0 Å². The molecule has 27 heavy (non-hydrogen) atoms. The molecule has 1 fully saturated rings. The molecule has 1 saturated heterocycles. The molecule has 0 N–H and O–H groups in total. The Morgan fingerprint density at radius 1 is 1.30 bits per heavy atom. The Balaban J connectivity index is 1.56. The first-order chi connectivity index (χ1) is 13.0. The lowest BCUT2D eigenvalue weighted by molar-refractivity contribution is -0.145. The Morgan fingerprint density at radius 3 is 2.67 bits per heavy atom. The number of anilines is 1. The number of carbonyl (C=O) groups excluding carboxylic acids is 3. The normalized spacial score (nSPS) is 14.9. The highest BCUT2D eigenvalue weighted by Crippen LogP contribution is 2.25. The van der Waals surface area contributed by atoms with Crippen molar-refractivity contribution in [2.24, 2.45) is 0 Å². The second kappa shape index (κ2) is 8.30. The average Bonchev–Trinajstić information content (AvgIpc) is 3.29. The molecule has 0 unspecified atom stereocenters. The number of esters is 1. The molecule has 0 spiro atoms. The lowest BCUT2D eigenvalue weighted by atomic mass is 10.1. The number of methoxy groups -OCH3 is 1. The van der Waals surface area contributed by atoms with Crippen molar-refractivity contribution in [2.75, 3.05) is 18.6 Å². The first-order valence-electron chi connectivity index (χ1n) is 8.60. The predicted octanol–water partition coefficient (Wildman–Crippen LogP) is 2.64. The average molecular weight is 388 g/mol. The van der Waals surface area contributed by atoms with Gasteiger partial charge in [-0.2, -0.15) is 0 Å². The highest BCUT2D eigenvalue weighted by atomic mass is 32.1. The lowest BCUT2D eigenvalue weighted by Crippen LogP contribution is -2.25. The first-order valence-corrected chi connectivity index (χ1v) is 9.48. The van der Waals surface area contributed by atoms with E-state index in [1.165, 1.54) is 11.3 Å². The van der Waals surface area contributed by atoms with Gasteiger partial charge in [0.2, 0.25) is 11.7 Å². The summed E-state index contributed by atoms with van der Waals surface area (Å²) in [5.74, 6) is -0.120. The number of ketones is 1. The van der Waals surface area contributed by atoms with E-state index in [4.69, 9.17) is 9.47 Å². The van der Waals surface area contributed by atoms with Gasteiger partial charge in [-0.3, -0.25) is 19.3 Å². The van der Waals surface area contributed by atoms with Gasteiger partial charge in [0.1, 0.15) is 5.75 Å². The van der Waals surface area contributed by atoms with E-state index in [2.05, 4.69) is 4.98 Å². The minimum Gasteiger partial charge on any atom is -0.497 e. The summed E-state index contributed by atoms with van der Waals surface area (Å²) in [5.41, 5.74) is 0.975. The Kier molecular flexibility index (Phi) is 5.85. The van der Waals surface area contributed by atoms with E-state index in [1.54, 1.807) is 48.6 Å². The van der Waals surface area contributed by atoms with E-state index in [1.807, 2.05) is 0 Å². The fraction of sp³-hybridized carbons (Fsp3) is 0.368. The van der Waals surface area contributed by atoms with Crippen LogP contribution in [0, 0.1) is 0 Å². The van der Waals surface area contributed by atoms with Crippen molar-refractivity contribution in [2.45, 2.75) is 32.3 Å². The summed E-state index contributed by atoms with van der Waals surface area (Å²) in [7, 11) is 1.55. The van der Waals surface area contributed by atoms with E-state index in [-0.39, 0.29) is 18.1 Å². The smallest absolute Gasteiger partial charge is 0.312 e. The zero-order valence-corrected chi connectivity index (χ0v) is 16.0. The lowest BCUT2D eigenvalue weighted by Gasteiger charge is -2.12. The predicted molar refractivity (Wildman–Crippen MR) is 100 cm³/mol. The number of carbonyl (C=O) groups is 3. The number of rotatable bonds is 7. The van der Waals surface area contributed by atoms with Crippen molar-refractivity contribution in [1.82, 2.24) is 4.98 Å². The number of Topliss-reactive ketones (excluding diaryl/α,β-unsaturated/α-hetero) is 1. The molecule has 142 valence electrons. The summed E-state index contributed by atoms with van der Waals surface area (Å²) >= 11 is 1.33. The van der Waals surface area contributed by atoms with Crippen LogP contribution in [0.4, 0.5) is 5.13 Å². The van der Waals surface area contributed by atoms with Gasteiger partial charge < -0.3 is 9.47 Å². The van der Waals surface area contributed by atoms with Gasteiger partial charge in [0.15, 0.2) is 11.2 Å². The maximum Gasteiger partial charge on any atom is 0.312 e. The van der Waals surface area contributed by atoms with Crippen LogP contribution in [0.25, 0.3) is 0 Å². The summed E-state index contributed by atoms with van der Waals surface area (Å²) in [5, 5.41) is 2.33. The van der Waals surface area contributed by atoms with Gasteiger partial charge in [-0.25, -0.2) is 4.98 Å². The number of ether oxygens (including phenoxy) is 2. The van der Waals surface area contributed by atoms with Crippen molar-refractivity contribution >= 4 is 34.1 Å². The summed E-state index contributed by atoms with van der Waals surface area (Å²) in [6.45, 7) is 2.20. The van der Waals surface area contributed by atoms with Gasteiger partial charge in [-0.05, 0) is 37.6 Å². The number of aromatic nitrogens is 1. The largest absolute Gasteiger partial charge is 0.497 e. The molecule has 2 aromatic rings. The third-order valence-corrected chi connectivity index (χ3v) is 5.13. The number of nitrogens with zero attached hydrogens (tertiary/aromatic N) is 2. The number of amides is 1. The van der Waals surface area contributed by atoms with Crippen LogP contribution >= 0.6 is 11.3 Å². The van der Waals surface area contributed by atoms with Crippen LogP contribution < -0.4 is 9.64 Å². The van der Waals surface area contributed by atoms with Gasteiger partial charge >= 0.3 is 5.97 Å². The van der Waals surface area contributed by atoms with Gasteiger partial charge in [-0.1, -0.05) is 0 Å². The fourth-order valence-corrected chi connectivity index (χ4v) is 3.65. The van der Waals surface area contributed by atoms with Crippen LogP contribution in [0.5, 0.6) is 5.75 Å². The molecule has 2 heterocycles. The summed E-state index contributed by atoms with van der Waals surface area (Å²) < 4.78 is 10.3. The topological polar surface area (TPSA) is 85.8 Å². The zero-order valence-electron chi connectivity index (χ0n) is 15.1. The van der Waals surface area contributed by atoms with E-state index < -0.39 is 12.1 Å². The van der Waals surface area contributed by atoms with Crippen molar-refractivity contribution < 1.29 is 23.9 Å². The van der Waals surface area contributed by atoms with Gasteiger partial charge in [0.05, 0.1) is 19.2 Å². The zero-order chi connectivity index (χ0) is 19.4. The van der Waals surface area contributed by atoms with Crippen LogP contribution in [0.3, 0.4) is 0 Å². The molecule has 0 radical (unpaired) electrons. The molecular formula is C19H20N2O5S. The molecule has 1 amide bonds. The van der Waals surface area contributed by atoms with E-state index in [9.17, 15) is 14.4 Å². The van der Waals surface area contributed by atoms with Crippen LogP contribution in [-0.2, 0) is 20.7 Å². The van der Waals surface area contributed by atoms with E-state index >= 15 is 0 Å². The second-order valence-electron chi connectivity index (χ2n) is 6.17. The third kappa shape index (κ3) is 4.51. The number of hydrogen-bond acceptors (Lipinski definition) is 7. The molecule has 3 rings (SSSR count). The second-order valence-corrected chi connectivity index (χ2v) is 7.01. The molecule has 1 aliphatic rings. The minimum atomic E-state index is -0.899. The quantitative estimate of drug-likeness (QED) is 0.535. The van der Waals surface area contributed by atoms with Crippen LogP contribution in [0.15, 0.2) is 29.6 Å². The van der Waals surface area contributed by atoms with Crippen molar-refractivity contribution in [3.8, 4) is 5.75 Å². The molecular weight excluding hydrogens is 368 g/mol. The molecule has 7 nitrogen and oxygen atoms in total. The Morgan fingerprint density at radius 2 is 2.04 bits per heavy atom. The molecule has 1 aromatic heterocycles. The van der Waals surface area contributed by atoms with Crippen molar-refractivity contribution in [3.63, 3.8) is 0 Å². The van der Waals surface area contributed by atoms with E-state index in [0.29, 0.717) is 35.1 Å². The van der Waals surface area contributed by atoms with E-state index in [0.717, 1.165) is 6.42 Å². The monoisotopic (exact) mass is 388 g/mol. The minimum absolute atomic E-state index is 0.0429. The Hall–Kier alpha value is -2.74. The third-order valence-electron chi connectivity index (χ3n) is 4.22. The fourth-order valence-electron chi connectivity index (χ4n) is 2.78. The standard InChI is InChI=1S/C19H20N2O5S/c1-12(18(24)13-5-7-15(25-2)8-6-13)26-17(23)10-14-11-27-19(20-14)21-9-3-4-16(21)22/h5-8,11-12H,3-4,9-10H2,1-2H3/t12-/m1/s1. The van der Waals surface area contributed by atoms with Crippen molar-refractivity contribution in [3.05, 3.63) is 40.9 Å². The maximum atomic E-state index is 12.4. The molecule has 1 aromatic carbocycles. The first kappa shape index (κ1) is 19.0. The summed E-state index contributed by atoms with van der Waals surface area (Å²) in [4.78, 5) is 42.2. The van der Waals surface area contributed by atoms with Crippen LogP contribution in [0.1, 0.15) is 35.8 Å². The molecule has 8 heteroatoms. The molecule has 0 aliphatic carbocycles. The molecule has 0 bridgehead atoms.